The molecule has 1 fully saturated rings. The minimum Gasteiger partial charge on any atom is -0.481 e. The fraction of sp³-hybridized carbons (Fsp3) is 0.312. The van der Waals surface area contributed by atoms with Crippen molar-refractivity contribution in [2.24, 2.45) is 0 Å². The number of carboxylic acids is 1. The standard InChI is InChI=1S/C16H15ClN2O5/c17-11-3-1-2-10(6-11)13-8-14(24-18-13)16(22)19-4-5-23-12(9-19)7-15(20)21/h1-3,6,8,12H,4-5,7,9H2,(H,20,21). The molecule has 2 heterocycles. The highest BCUT2D eigenvalue weighted by Gasteiger charge is 2.28. The van der Waals surface area contributed by atoms with Crippen molar-refractivity contribution in [1.29, 1.82) is 0 Å². The third-order valence-electron chi connectivity index (χ3n) is 3.67. The summed E-state index contributed by atoms with van der Waals surface area (Å²) >= 11 is 5.95. The first-order valence-electron chi connectivity index (χ1n) is 7.38. The number of hydrogen-bond donors (Lipinski definition) is 1. The third-order valence-corrected chi connectivity index (χ3v) is 3.90. The van der Waals surface area contributed by atoms with E-state index in [4.69, 9.17) is 26.0 Å². The molecule has 1 N–H and O–H groups in total. The summed E-state index contributed by atoms with van der Waals surface area (Å²) in [5, 5.41) is 13.3. The molecule has 0 radical (unpaired) electrons. The van der Waals surface area contributed by atoms with Crippen LogP contribution in [0.5, 0.6) is 0 Å². The van der Waals surface area contributed by atoms with Gasteiger partial charge in [0, 0.05) is 29.7 Å². The lowest BCUT2D eigenvalue weighted by molar-refractivity contribution is -0.141. The molecule has 0 saturated carbocycles. The van der Waals surface area contributed by atoms with E-state index in [1.165, 1.54) is 4.90 Å². The van der Waals surface area contributed by atoms with E-state index in [9.17, 15) is 9.59 Å². The molecule has 24 heavy (non-hydrogen) atoms. The van der Waals surface area contributed by atoms with Crippen LogP contribution < -0.4 is 0 Å². The number of hydrogen-bond acceptors (Lipinski definition) is 5. The monoisotopic (exact) mass is 350 g/mol. The zero-order valence-corrected chi connectivity index (χ0v) is 13.4. The quantitative estimate of drug-likeness (QED) is 0.909. The number of aliphatic carboxylic acids is 1. The summed E-state index contributed by atoms with van der Waals surface area (Å²) in [5.74, 6) is -1.20. The zero-order chi connectivity index (χ0) is 17.1. The molecular weight excluding hydrogens is 336 g/mol. The molecule has 1 aromatic heterocycles. The van der Waals surface area contributed by atoms with Crippen LogP contribution in [0.1, 0.15) is 17.0 Å². The first-order valence-corrected chi connectivity index (χ1v) is 7.76. The van der Waals surface area contributed by atoms with Crippen LogP contribution in [0.2, 0.25) is 5.02 Å². The minimum absolute atomic E-state index is 0.0981. The van der Waals surface area contributed by atoms with E-state index in [1.54, 1.807) is 24.3 Å². The fourth-order valence-electron chi connectivity index (χ4n) is 2.54. The number of carboxylic acid groups (broad SMARTS) is 1. The van der Waals surface area contributed by atoms with Crippen molar-refractivity contribution < 1.29 is 24.0 Å². The summed E-state index contributed by atoms with van der Waals surface area (Å²) in [7, 11) is 0. The molecular formula is C16H15ClN2O5. The van der Waals surface area contributed by atoms with Crippen molar-refractivity contribution in [2.45, 2.75) is 12.5 Å². The normalized spacial score (nSPS) is 17.7. The van der Waals surface area contributed by atoms with Gasteiger partial charge in [-0.2, -0.15) is 0 Å². The molecule has 7 nitrogen and oxygen atoms in total. The minimum atomic E-state index is -0.961. The van der Waals surface area contributed by atoms with E-state index in [-0.39, 0.29) is 24.6 Å². The number of ether oxygens (including phenoxy) is 1. The Labute approximate surface area is 142 Å². The van der Waals surface area contributed by atoms with Gasteiger partial charge in [-0.3, -0.25) is 9.59 Å². The molecule has 1 aliphatic heterocycles. The number of morpholine rings is 1. The van der Waals surface area contributed by atoms with Crippen molar-refractivity contribution >= 4 is 23.5 Å². The van der Waals surface area contributed by atoms with Gasteiger partial charge in [-0.05, 0) is 12.1 Å². The van der Waals surface area contributed by atoms with Crippen molar-refractivity contribution in [3.05, 3.63) is 41.1 Å². The maximum absolute atomic E-state index is 12.5. The Kier molecular flexibility index (Phi) is 4.82. The number of nitrogens with zero attached hydrogens (tertiary/aromatic N) is 2. The van der Waals surface area contributed by atoms with Gasteiger partial charge in [-0.25, -0.2) is 0 Å². The average molecular weight is 351 g/mol. The highest BCUT2D eigenvalue weighted by Crippen LogP contribution is 2.23. The molecule has 1 amide bonds. The second-order valence-electron chi connectivity index (χ2n) is 5.43. The summed E-state index contributed by atoms with van der Waals surface area (Å²) in [6.07, 6.45) is -0.663. The molecule has 126 valence electrons. The number of amides is 1. The van der Waals surface area contributed by atoms with Gasteiger partial charge in [0.1, 0.15) is 5.69 Å². The first kappa shape index (κ1) is 16.5. The Morgan fingerprint density at radius 1 is 1.38 bits per heavy atom. The van der Waals surface area contributed by atoms with E-state index in [0.717, 1.165) is 5.56 Å². The molecule has 2 aromatic rings. The number of carbonyl (C=O) groups excluding carboxylic acids is 1. The van der Waals surface area contributed by atoms with Crippen LogP contribution in [0.4, 0.5) is 0 Å². The molecule has 8 heteroatoms. The van der Waals surface area contributed by atoms with Crippen molar-refractivity contribution in [3.63, 3.8) is 0 Å². The van der Waals surface area contributed by atoms with Gasteiger partial charge < -0.3 is 19.3 Å². The Hall–Kier alpha value is -2.38. The number of carbonyl (C=O) groups is 2. The molecule has 1 aliphatic rings. The fourth-order valence-corrected chi connectivity index (χ4v) is 2.73. The molecule has 0 spiro atoms. The lowest BCUT2D eigenvalue weighted by Gasteiger charge is -2.31. The molecule has 1 unspecified atom stereocenters. The molecule has 0 aliphatic carbocycles. The van der Waals surface area contributed by atoms with E-state index in [2.05, 4.69) is 5.16 Å². The number of aromatic nitrogens is 1. The van der Waals surface area contributed by atoms with Crippen LogP contribution in [0.15, 0.2) is 34.9 Å². The van der Waals surface area contributed by atoms with Crippen LogP contribution in [-0.2, 0) is 9.53 Å². The topological polar surface area (TPSA) is 92.9 Å². The van der Waals surface area contributed by atoms with Crippen LogP contribution in [0, 0.1) is 0 Å². The summed E-state index contributed by atoms with van der Waals surface area (Å²) in [4.78, 5) is 24.8. The van der Waals surface area contributed by atoms with Crippen LogP contribution >= 0.6 is 11.6 Å². The number of benzene rings is 1. The Bertz CT molecular complexity index is 760. The maximum Gasteiger partial charge on any atom is 0.306 e. The molecule has 3 rings (SSSR count). The summed E-state index contributed by atoms with van der Waals surface area (Å²) in [6.45, 7) is 0.874. The van der Waals surface area contributed by atoms with Gasteiger partial charge >= 0.3 is 5.97 Å². The van der Waals surface area contributed by atoms with Crippen LogP contribution in [0.25, 0.3) is 11.3 Å². The lowest BCUT2D eigenvalue weighted by atomic mass is 10.1. The Morgan fingerprint density at radius 2 is 2.21 bits per heavy atom. The Balaban J connectivity index is 1.72. The SMILES string of the molecule is O=C(O)CC1CN(C(=O)c2cc(-c3cccc(Cl)c3)no2)CCO1. The van der Waals surface area contributed by atoms with Gasteiger partial charge in [0.2, 0.25) is 5.76 Å². The van der Waals surface area contributed by atoms with E-state index >= 15 is 0 Å². The van der Waals surface area contributed by atoms with Gasteiger partial charge in [-0.15, -0.1) is 0 Å². The highest BCUT2D eigenvalue weighted by molar-refractivity contribution is 6.30. The molecule has 1 saturated heterocycles. The third kappa shape index (κ3) is 3.74. The molecule has 1 aromatic carbocycles. The Morgan fingerprint density at radius 3 is 2.96 bits per heavy atom. The van der Waals surface area contributed by atoms with Crippen molar-refractivity contribution in [3.8, 4) is 11.3 Å². The smallest absolute Gasteiger partial charge is 0.306 e. The number of halogens is 1. The first-order chi connectivity index (χ1) is 11.5. The molecule has 1 atom stereocenters. The maximum atomic E-state index is 12.5. The van der Waals surface area contributed by atoms with E-state index in [1.807, 2.05) is 6.07 Å². The van der Waals surface area contributed by atoms with Gasteiger partial charge in [0.05, 0.1) is 19.1 Å². The number of rotatable bonds is 4. The summed E-state index contributed by atoms with van der Waals surface area (Å²) in [6, 6.07) is 8.62. The lowest BCUT2D eigenvalue weighted by Crippen LogP contribution is -2.46. The second-order valence-corrected chi connectivity index (χ2v) is 5.87. The predicted octanol–water partition coefficient (Wildman–Crippen LogP) is 2.31. The largest absolute Gasteiger partial charge is 0.481 e. The molecule has 0 bridgehead atoms. The van der Waals surface area contributed by atoms with E-state index in [0.29, 0.717) is 23.9 Å². The predicted molar refractivity (Wildman–Crippen MR) is 84.8 cm³/mol. The van der Waals surface area contributed by atoms with Crippen LogP contribution in [-0.4, -0.2) is 52.8 Å². The zero-order valence-electron chi connectivity index (χ0n) is 12.6. The summed E-state index contributed by atoms with van der Waals surface area (Å²) < 4.78 is 10.5. The summed E-state index contributed by atoms with van der Waals surface area (Å²) in [5.41, 5.74) is 1.26. The van der Waals surface area contributed by atoms with Crippen LogP contribution in [0.3, 0.4) is 0 Å². The second kappa shape index (κ2) is 7.02. The van der Waals surface area contributed by atoms with Gasteiger partial charge in [-0.1, -0.05) is 28.9 Å². The van der Waals surface area contributed by atoms with Gasteiger partial charge in [0.25, 0.3) is 5.91 Å². The van der Waals surface area contributed by atoms with Gasteiger partial charge in [0.15, 0.2) is 0 Å². The van der Waals surface area contributed by atoms with Crippen molar-refractivity contribution in [2.75, 3.05) is 19.7 Å². The van der Waals surface area contributed by atoms with Crippen molar-refractivity contribution in [1.82, 2.24) is 10.1 Å². The average Bonchev–Trinajstić information content (AvgIpc) is 3.04. The van der Waals surface area contributed by atoms with E-state index < -0.39 is 12.1 Å². The highest BCUT2D eigenvalue weighted by atomic mass is 35.5.